The topological polar surface area (TPSA) is 72.7 Å². The number of hydrogen-bond acceptors (Lipinski definition) is 4. The number of nitrogens with zero attached hydrogens (tertiary/aromatic N) is 4. The molecule has 0 aliphatic carbocycles. The van der Waals surface area contributed by atoms with Crippen molar-refractivity contribution in [3.05, 3.63) is 71.9 Å². The third-order valence-corrected chi connectivity index (χ3v) is 3.11. The number of rotatable bonds is 4. The molecular weight excluding hydrogens is 278 g/mol. The van der Waals surface area contributed by atoms with Crippen LogP contribution in [0.2, 0.25) is 0 Å². The molecule has 1 aromatic carbocycles. The molecule has 22 heavy (non-hydrogen) atoms. The molecule has 6 nitrogen and oxygen atoms in total. The van der Waals surface area contributed by atoms with Crippen molar-refractivity contribution in [1.82, 2.24) is 19.7 Å². The number of anilines is 1. The minimum Gasteiger partial charge on any atom is -0.304 e. The number of carbonyl (C=O) groups excluding carboxylic acids is 1. The van der Waals surface area contributed by atoms with Gasteiger partial charge in [-0.3, -0.25) is 14.5 Å². The number of hydrogen-bond donors (Lipinski definition) is 1. The smallest absolute Gasteiger partial charge is 0.277 e. The molecule has 3 aromatic rings. The number of nitrogens with one attached hydrogen (secondary N) is 1. The molecule has 2 heterocycles. The highest BCUT2D eigenvalue weighted by atomic mass is 16.2. The molecule has 0 saturated carbocycles. The first-order valence-corrected chi connectivity index (χ1v) is 6.87. The summed E-state index contributed by atoms with van der Waals surface area (Å²) in [4.78, 5) is 19.8. The van der Waals surface area contributed by atoms with E-state index in [1.54, 1.807) is 10.7 Å². The molecule has 110 valence electrons. The lowest BCUT2D eigenvalue weighted by molar-refractivity contribution is 0.102. The number of carbonyl (C=O) groups is 1. The van der Waals surface area contributed by atoms with Crippen LogP contribution in [0.15, 0.2) is 55.1 Å². The zero-order valence-corrected chi connectivity index (χ0v) is 12.1. The van der Waals surface area contributed by atoms with Crippen LogP contribution in [0, 0.1) is 6.92 Å². The van der Waals surface area contributed by atoms with Crippen molar-refractivity contribution < 1.29 is 4.79 Å². The van der Waals surface area contributed by atoms with Gasteiger partial charge in [0.15, 0.2) is 5.82 Å². The van der Waals surface area contributed by atoms with Crippen molar-refractivity contribution in [2.24, 2.45) is 0 Å². The molecule has 0 aliphatic heterocycles. The third-order valence-electron chi connectivity index (χ3n) is 3.11. The Bertz CT molecular complexity index is 782. The lowest BCUT2D eigenvalue weighted by atomic mass is 10.1. The molecule has 0 unspecified atom stereocenters. The van der Waals surface area contributed by atoms with Crippen LogP contribution in [0.1, 0.15) is 21.6 Å². The molecule has 0 saturated heterocycles. The first-order valence-electron chi connectivity index (χ1n) is 6.87. The molecule has 6 heteroatoms. The molecule has 1 amide bonds. The van der Waals surface area contributed by atoms with Gasteiger partial charge >= 0.3 is 0 Å². The van der Waals surface area contributed by atoms with Crippen LogP contribution in [-0.2, 0) is 6.54 Å². The van der Waals surface area contributed by atoms with Gasteiger partial charge in [0.05, 0.1) is 12.7 Å². The second-order valence-electron chi connectivity index (χ2n) is 4.93. The molecule has 1 N–H and O–H groups in total. The first kappa shape index (κ1) is 13.9. The van der Waals surface area contributed by atoms with E-state index in [1.807, 2.05) is 18.3 Å². The van der Waals surface area contributed by atoms with Crippen molar-refractivity contribution in [1.29, 1.82) is 0 Å². The average molecular weight is 293 g/mol. The lowest BCUT2D eigenvalue weighted by Crippen LogP contribution is -2.14. The summed E-state index contributed by atoms with van der Waals surface area (Å²) < 4.78 is 1.78. The molecule has 0 spiro atoms. The van der Waals surface area contributed by atoms with E-state index in [1.165, 1.54) is 24.2 Å². The zero-order valence-electron chi connectivity index (χ0n) is 12.1. The maximum Gasteiger partial charge on any atom is 0.277 e. The van der Waals surface area contributed by atoms with Gasteiger partial charge in [0, 0.05) is 24.7 Å². The highest BCUT2D eigenvalue weighted by Crippen LogP contribution is 2.09. The molecule has 0 fully saturated rings. The largest absolute Gasteiger partial charge is 0.304 e. The summed E-state index contributed by atoms with van der Waals surface area (Å²) in [5.41, 5.74) is 2.63. The Kier molecular flexibility index (Phi) is 3.91. The summed E-state index contributed by atoms with van der Waals surface area (Å²) in [6.07, 6.45) is 6.24. The zero-order chi connectivity index (χ0) is 15.4. The number of aromatic nitrogens is 4. The highest BCUT2D eigenvalue weighted by molar-refractivity contribution is 6.01. The normalized spacial score (nSPS) is 10.4. The molecule has 0 radical (unpaired) electrons. The average Bonchev–Trinajstić information content (AvgIpc) is 2.95. The van der Waals surface area contributed by atoms with Gasteiger partial charge < -0.3 is 5.32 Å². The summed E-state index contributed by atoms with van der Waals surface area (Å²) >= 11 is 0. The van der Waals surface area contributed by atoms with E-state index in [0.29, 0.717) is 12.4 Å². The van der Waals surface area contributed by atoms with E-state index in [9.17, 15) is 4.79 Å². The van der Waals surface area contributed by atoms with Crippen LogP contribution < -0.4 is 5.32 Å². The standard InChI is InChI=1S/C16H15N5O/c1-12-3-2-4-13(9-12)11-21-8-5-15(20-21)19-16(22)14-10-17-6-7-18-14/h2-10H,11H2,1H3,(H,19,20,22). The van der Waals surface area contributed by atoms with Gasteiger partial charge in [0.2, 0.25) is 0 Å². The van der Waals surface area contributed by atoms with Crippen molar-refractivity contribution in [3.63, 3.8) is 0 Å². The SMILES string of the molecule is Cc1cccc(Cn2ccc(NC(=O)c3cnccn3)n2)c1. The summed E-state index contributed by atoms with van der Waals surface area (Å²) in [6.45, 7) is 2.71. The Hall–Kier alpha value is -3.02. The molecule has 0 atom stereocenters. The molecule has 3 rings (SSSR count). The van der Waals surface area contributed by atoms with E-state index in [0.717, 1.165) is 5.56 Å². The highest BCUT2D eigenvalue weighted by Gasteiger charge is 2.09. The van der Waals surface area contributed by atoms with Gasteiger partial charge in [-0.1, -0.05) is 29.8 Å². The second kappa shape index (κ2) is 6.17. The fourth-order valence-electron chi connectivity index (χ4n) is 2.11. The Morgan fingerprint density at radius 1 is 1.27 bits per heavy atom. The predicted molar refractivity (Wildman–Crippen MR) is 82.5 cm³/mol. The lowest BCUT2D eigenvalue weighted by Gasteiger charge is -2.03. The van der Waals surface area contributed by atoms with Crippen LogP contribution in [0.25, 0.3) is 0 Å². The van der Waals surface area contributed by atoms with Crippen LogP contribution in [0.5, 0.6) is 0 Å². The van der Waals surface area contributed by atoms with Gasteiger partial charge in [-0.2, -0.15) is 5.10 Å². The Morgan fingerprint density at radius 2 is 2.18 bits per heavy atom. The minimum absolute atomic E-state index is 0.260. The van der Waals surface area contributed by atoms with Gasteiger partial charge in [-0.05, 0) is 12.5 Å². The molecule has 2 aromatic heterocycles. The summed E-state index contributed by atoms with van der Waals surface area (Å²) in [5, 5.41) is 7.04. The van der Waals surface area contributed by atoms with Gasteiger partial charge in [-0.25, -0.2) is 4.98 Å². The minimum atomic E-state index is -0.325. The van der Waals surface area contributed by atoms with E-state index >= 15 is 0 Å². The number of aryl methyl sites for hydroxylation is 1. The van der Waals surface area contributed by atoms with Crippen molar-refractivity contribution >= 4 is 11.7 Å². The van der Waals surface area contributed by atoms with Crippen LogP contribution in [0.4, 0.5) is 5.82 Å². The fourth-order valence-corrected chi connectivity index (χ4v) is 2.11. The summed E-state index contributed by atoms with van der Waals surface area (Å²) in [7, 11) is 0. The Labute approximate surface area is 127 Å². The van der Waals surface area contributed by atoms with Crippen molar-refractivity contribution in [3.8, 4) is 0 Å². The second-order valence-corrected chi connectivity index (χ2v) is 4.93. The molecule has 0 aliphatic rings. The fraction of sp³-hybridized carbons (Fsp3) is 0.125. The van der Waals surface area contributed by atoms with E-state index < -0.39 is 0 Å². The number of benzene rings is 1. The van der Waals surface area contributed by atoms with Gasteiger partial charge in [-0.15, -0.1) is 0 Å². The maximum absolute atomic E-state index is 12.0. The van der Waals surface area contributed by atoms with E-state index in [2.05, 4.69) is 39.4 Å². The van der Waals surface area contributed by atoms with E-state index in [4.69, 9.17) is 0 Å². The van der Waals surface area contributed by atoms with Crippen LogP contribution in [-0.4, -0.2) is 25.7 Å². The molecular formula is C16H15N5O. The van der Waals surface area contributed by atoms with Crippen molar-refractivity contribution in [2.75, 3.05) is 5.32 Å². The number of amides is 1. The van der Waals surface area contributed by atoms with Crippen LogP contribution in [0.3, 0.4) is 0 Å². The monoisotopic (exact) mass is 293 g/mol. The van der Waals surface area contributed by atoms with Gasteiger partial charge in [0.1, 0.15) is 5.69 Å². The Morgan fingerprint density at radius 3 is 2.95 bits per heavy atom. The van der Waals surface area contributed by atoms with E-state index in [-0.39, 0.29) is 11.6 Å². The maximum atomic E-state index is 12.0. The third kappa shape index (κ3) is 3.35. The molecule has 0 bridgehead atoms. The van der Waals surface area contributed by atoms with Crippen LogP contribution >= 0.6 is 0 Å². The first-order chi connectivity index (χ1) is 10.7. The Balaban J connectivity index is 1.68. The summed E-state index contributed by atoms with van der Waals surface area (Å²) in [6, 6.07) is 9.99. The van der Waals surface area contributed by atoms with Gasteiger partial charge in [0.25, 0.3) is 5.91 Å². The predicted octanol–water partition coefficient (Wildman–Crippen LogP) is 2.28. The summed E-state index contributed by atoms with van der Waals surface area (Å²) in [5.74, 6) is 0.164. The van der Waals surface area contributed by atoms with Crippen molar-refractivity contribution in [2.45, 2.75) is 13.5 Å². The quantitative estimate of drug-likeness (QED) is 0.801.